The van der Waals surface area contributed by atoms with E-state index in [1.807, 2.05) is 11.4 Å². The van der Waals surface area contributed by atoms with Crippen LogP contribution in [0.15, 0.2) is 16.2 Å². The van der Waals surface area contributed by atoms with E-state index in [2.05, 4.69) is 9.97 Å². The first-order valence-corrected chi connectivity index (χ1v) is 7.61. The number of aryl methyl sites for hydroxylation is 1. The lowest BCUT2D eigenvalue weighted by molar-refractivity contribution is 0.185. The highest BCUT2D eigenvalue weighted by atomic mass is 32.1. The molecule has 0 amide bonds. The molecule has 22 heavy (non-hydrogen) atoms. The molecule has 0 saturated carbocycles. The highest BCUT2D eigenvalue weighted by molar-refractivity contribution is 7.10. The lowest BCUT2D eigenvalue weighted by Gasteiger charge is -2.29. The summed E-state index contributed by atoms with van der Waals surface area (Å²) >= 11 is 1.56. The fourth-order valence-corrected chi connectivity index (χ4v) is 3.56. The molecule has 0 spiro atoms. The molecular weight excluding hydrogens is 308 g/mol. The van der Waals surface area contributed by atoms with E-state index in [0.29, 0.717) is 18.8 Å². The molecule has 0 aromatic carbocycles. The molecule has 3 N–H and O–H groups in total. The molecule has 9 heteroatoms. The largest absolute Gasteiger partial charge is 0.733 e. The summed E-state index contributed by atoms with van der Waals surface area (Å²) in [6, 6.07) is 1.87. The summed E-state index contributed by atoms with van der Waals surface area (Å²) in [5.74, 6) is 0.409. The molecule has 1 atom stereocenters. The average molecular weight is 323 g/mol. The molecule has 118 valence electrons. The average Bonchev–Trinajstić information content (AvgIpc) is 2.84. The lowest BCUT2D eigenvalue weighted by atomic mass is 10.1. The van der Waals surface area contributed by atoms with E-state index >= 15 is 0 Å². The minimum Gasteiger partial charge on any atom is -0.733 e. The van der Waals surface area contributed by atoms with Crippen molar-refractivity contribution in [2.45, 2.75) is 19.4 Å². The Hall–Kier alpha value is -1.94. The van der Waals surface area contributed by atoms with Crippen molar-refractivity contribution >= 4 is 22.8 Å². The molecule has 0 radical (unpaired) electrons. The summed E-state index contributed by atoms with van der Waals surface area (Å²) in [4.78, 5) is 21.2. The molecule has 8 nitrogen and oxygen atoms in total. The zero-order valence-corrected chi connectivity index (χ0v) is 12.6. The molecule has 0 fully saturated rings. The van der Waals surface area contributed by atoms with Crippen LogP contribution in [-0.2, 0) is 6.42 Å². The van der Waals surface area contributed by atoms with Gasteiger partial charge in [0.25, 0.3) is 5.56 Å². The Morgan fingerprint density at radius 1 is 1.59 bits per heavy atom. The summed E-state index contributed by atoms with van der Waals surface area (Å²) in [7, 11) is 0. The number of hydrogen-bond donors (Lipinski definition) is 3. The van der Waals surface area contributed by atoms with Crippen molar-refractivity contribution in [1.82, 2.24) is 9.97 Å². The number of anilines is 2. The Balaban J connectivity index is 2.02. The van der Waals surface area contributed by atoms with E-state index in [9.17, 15) is 20.3 Å². The van der Waals surface area contributed by atoms with Crippen LogP contribution in [0.4, 0.5) is 11.5 Å². The number of fused-ring (bicyclic) bond motifs is 1. The number of aliphatic hydroxyl groups is 1. The number of thiophene rings is 1. The summed E-state index contributed by atoms with van der Waals surface area (Å²) in [6.07, 6.45) is -0.0711. The van der Waals surface area contributed by atoms with Gasteiger partial charge >= 0.3 is 0 Å². The SMILES string of the molecule is Cc1nc(N2CCc3sccc3C(O)C2)c(N([O-])O)c(=O)[nH]1. The third kappa shape index (κ3) is 2.59. The predicted molar refractivity (Wildman–Crippen MR) is 82.4 cm³/mol. The van der Waals surface area contributed by atoms with Crippen LogP contribution in [0, 0.1) is 12.1 Å². The Morgan fingerprint density at radius 2 is 2.36 bits per heavy atom. The predicted octanol–water partition coefficient (Wildman–Crippen LogP) is 0.929. The van der Waals surface area contributed by atoms with E-state index in [1.54, 1.807) is 23.2 Å². The number of aromatic amines is 1. The number of aromatic nitrogens is 2. The molecule has 1 aliphatic rings. The van der Waals surface area contributed by atoms with Crippen molar-refractivity contribution in [1.29, 1.82) is 0 Å². The van der Waals surface area contributed by atoms with Gasteiger partial charge in [0.2, 0.25) is 0 Å². The van der Waals surface area contributed by atoms with Crippen LogP contribution in [0.3, 0.4) is 0 Å². The van der Waals surface area contributed by atoms with Crippen molar-refractivity contribution in [2.24, 2.45) is 0 Å². The van der Waals surface area contributed by atoms with Crippen LogP contribution in [-0.4, -0.2) is 33.4 Å². The van der Waals surface area contributed by atoms with Gasteiger partial charge in [-0.1, -0.05) is 0 Å². The molecule has 3 heterocycles. The van der Waals surface area contributed by atoms with E-state index in [0.717, 1.165) is 10.4 Å². The molecule has 0 saturated heterocycles. The summed E-state index contributed by atoms with van der Waals surface area (Å²) in [6.45, 7) is 2.27. The summed E-state index contributed by atoms with van der Waals surface area (Å²) in [5, 5.41) is 32.3. The highest BCUT2D eigenvalue weighted by Crippen LogP contribution is 2.31. The van der Waals surface area contributed by atoms with Crippen LogP contribution < -0.4 is 15.7 Å². The van der Waals surface area contributed by atoms with Crippen LogP contribution >= 0.6 is 11.3 Å². The van der Waals surface area contributed by atoms with Crippen LogP contribution in [0.25, 0.3) is 0 Å². The maximum Gasteiger partial charge on any atom is 0.278 e. The minimum atomic E-state index is -0.739. The number of H-pyrrole nitrogens is 1. The molecule has 1 aliphatic heterocycles. The quantitative estimate of drug-likeness (QED) is 0.704. The Bertz CT molecular complexity index is 742. The zero-order chi connectivity index (χ0) is 15.9. The number of hydrogen-bond acceptors (Lipinski definition) is 8. The van der Waals surface area contributed by atoms with Crippen molar-refractivity contribution in [3.8, 4) is 0 Å². The van der Waals surface area contributed by atoms with Gasteiger partial charge in [0.1, 0.15) is 5.82 Å². The fraction of sp³-hybridized carbons (Fsp3) is 0.385. The normalized spacial score (nSPS) is 18.0. The van der Waals surface area contributed by atoms with E-state index < -0.39 is 22.6 Å². The standard InChI is InChI=1S/C13H15N4O4S/c1-7-14-12(11(17(20)21)13(19)15-7)16-4-2-10-8(3-5-22-10)9(18)6-16/h3,5,9,18,20H,2,4,6H2,1H3,(H,14,15,19)/q-1. The van der Waals surface area contributed by atoms with Gasteiger partial charge in [-0.15, -0.1) is 11.3 Å². The number of β-amino-alcohol motifs (C(OH)–C–C–N with tert-alkyl or cyclic N) is 1. The van der Waals surface area contributed by atoms with Crippen LogP contribution in [0.5, 0.6) is 0 Å². The molecule has 3 rings (SSSR count). The highest BCUT2D eigenvalue weighted by Gasteiger charge is 2.26. The summed E-state index contributed by atoms with van der Waals surface area (Å²) in [5.41, 5.74) is -0.324. The van der Waals surface area contributed by atoms with E-state index in [-0.39, 0.29) is 12.4 Å². The number of aliphatic hydroxyl groups excluding tert-OH is 1. The summed E-state index contributed by atoms with van der Waals surface area (Å²) < 4.78 is 0. The Kier molecular flexibility index (Phi) is 3.87. The second-order valence-corrected chi connectivity index (χ2v) is 6.11. The first-order valence-electron chi connectivity index (χ1n) is 6.73. The van der Waals surface area contributed by atoms with Crippen LogP contribution in [0.2, 0.25) is 0 Å². The lowest BCUT2D eigenvalue weighted by Crippen LogP contribution is -2.34. The smallest absolute Gasteiger partial charge is 0.278 e. The Morgan fingerprint density at radius 3 is 3.09 bits per heavy atom. The van der Waals surface area contributed by atoms with Crippen LogP contribution in [0.1, 0.15) is 22.4 Å². The first kappa shape index (κ1) is 15.0. The fourth-order valence-electron chi connectivity index (χ4n) is 2.64. The number of nitrogens with one attached hydrogen (secondary N) is 1. The van der Waals surface area contributed by atoms with Crippen molar-refractivity contribution < 1.29 is 10.3 Å². The molecule has 0 aliphatic carbocycles. The number of rotatable bonds is 2. The molecule has 1 unspecified atom stereocenters. The van der Waals surface area contributed by atoms with Gasteiger partial charge in [0, 0.05) is 18.0 Å². The van der Waals surface area contributed by atoms with Gasteiger partial charge in [-0.05, 0) is 30.4 Å². The topological polar surface area (TPSA) is 116 Å². The van der Waals surface area contributed by atoms with Crippen molar-refractivity contribution in [3.63, 3.8) is 0 Å². The van der Waals surface area contributed by atoms with Gasteiger partial charge < -0.3 is 25.4 Å². The van der Waals surface area contributed by atoms with Gasteiger partial charge in [-0.25, -0.2) is 4.98 Å². The van der Waals surface area contributed by atoms with E-state index in [1.165, 1.54) is 0 Å². The van der Waals surface area contributed by atoms with Crippen molar-refractivity contribution in [3.05, 3.63) is 43.3 Å². The third-order valence-corrected chi connectivity index (χ3v) is 4.62. The zero-order valence-electron chi connectivity index (χ0n) is 11.8. The molecule has 0 bridgehead atoms. The first-order chi connectivity index (χ1) is 10.5. The maximum atomic E-state index is 11.9. The maximum absolute atomic E-state index is 11.9. The van der Waals surface area contributed by atoms with Gasteiger partial charge in [0.05, 0.1) is 6.10 Å². The molecule has 2 aromatic heterocycles. The Labute approximate surface area is 129 Å². The molecule has 2 aromatic rings. The third-order valence-electron chi connectivity index (χ3n) is 3.63. The van der Waals surface area contributed by atoms with E-state index in [4.69, 9.17) is 0 Å². The van der Waals surface area contributed by atoms with Gasteiger partial charge in [-0.2, -0.15) is 0 Å². The number of nitrogens with zero attached hydrogens (tertiary/aromatic N) is 3. The van der Waals surface area contributed by atoms with Gasteiger partial charge in [-0.3, -0.25) is 10.0 Å². The second kappa shape index (κ2) is 5.69. The van der Waals surface area contributed by atoms with Gasteiger partial charge in [0.15, 0.2) is 11.5 Å². The second-order valence-electron chi connectivity index (χ2n) is 5.11. The molecular formula is C13H15N4O4S-. The van der Waals surface area contributed by atoms with Crippen molar-refractivity contribution in [2.75, 3.05) is 23.2 Å². The minimum absolute atomic E-state index is 0.0768. The monoisotopic (exact) mass is 323 g/mol.